The number of rotatable bonds is 3. The van der Waals surface area contributed by atoms with Crippen molar-refractivity contribution in [2.24, 2.45) is 17.8 Å². The number of pyridine rings is 1. The second kappa shape index (κ2) is 5.50. The lowest BCUT2D eigenvalue weighted by Crippen LogP contribution is -2.57. The predicted molar refractivity (Wildman–Crippen MR) is 101 cm³/mol. The van der Waals surface area contributed by atoms with Crippen LogP contribution >= 0.6 is 0 Å². The Morgan fingerprint density at radius 3 is 2.56 bits per heavy atom. The van der Waals surface area contributed by atoms with Gasteiger partial charge in [0.15, 0.2) is 11.5 Å². The highest BCUT2D eigenvalue weighted by Crippen LogP contribution is 2.58. The molecule has 1 N–H and O–H groups in total. The molecule has 4 bridgehead atoms. The maximum absolute atomic E-state index is 15.0. The number of hydrogen-bond acceptors (Lipinski definition) is 4. The van der Waals surface area contributed by atoms with Gasteiger partial charge in [0.05, 0.1) is 0 Å². The smallest absolute Gasteiger partial charge is 0.156 e. The fourth-order valence-corrected chi connectivity index (χ4v) is 6.08. The first kappa shape index (κ1) is 15.5. The van der Waals surface area contributed by atoms with Gasteiger partial charge >= 0.3 is 0 Å². The first-order valence-electron chi connectivity index (χ1n) is 9.88. The topological polar surface area (TPSA) is 55.1 Å². The summed E-state index contributed by atoms with van der Waals surface area (Å²) < 4.78 is 16.9. The van der Waals surface area contributed by atoms with Crippen molar-refractivity contribution >= 4 is 11.5 Å². The molecule has 4 aliphatic rings. The van der Waals surface area contributed by atoms with Crippen LogP contribution in [0.3, 0.4) is 0 Å². The Kier molecular flexibility index (Phi) is 3.17. The van der Waals surface area contributed by atoms with Crippen LogP contribution in [-0.2, 0) is 0 Å². The Bertz CT molecular complexity index is 984. The highest BCUT2D eigenvalue weighted by Gasteiger charge is 2.56. The van der Waals surface area contributed by atoms with E-state index in [4.69, 9.17) is 4.98 Å². The summed E-state index contributed by atoms with van der Waals surface area (Å²) in [5.74, 6) is 2.24. The molecule has 138 valence electrons. The van der Waals surface area contributed by atoms with E-state index in [-0.39, 0.29) is 0 Å². The molecule has 2 atom stereocenters. The van der Waals surface area contributed by atoms with E-state index in [1.54, 1.807) is 18.6 Å². The first-order valence-corrected chi connectivity index (χ1v) is 9.88. The fraction of sp³-hybridized carbons (Fsp3) is 0.476. The zero-order chi connectivity index (χ0) is 18.0. The minimum Gasteiger partial charge on any atom is -0.365 e. The average Bonchev–Trinajstić information content (AvgIpc) is 3.02. The van der Waals surface area contributed by atoms with Crippen LogP contribution < -0.4 is 5.32 Å². The number of nitrogens with one attached hydrogen (secondary N) is 1. The lowest BCUT2D eigenvalue weighted by Gasteiger charge is -2.57. The summed E-state index contributed by atoms with van der Waals surface area (Å²) in [6.07, 6.45) is 9.84. The van der Waals surface area contributed by atoms with Crippen molar-refractivity contribution in [1.29, 1.82) is 0 Å². The van der Waals surface area contributed by atoms with E-state index in [1.807, 2.05) is 28.8 Å². The normalized spacial score (nSPS) is 34.3. The van der Waals surface area contributed by atoms with Crippen LogP contribution in [0, 0.1) is 17.8 Å². The third-order valence-electron chi connectivity index (χ3n) is 6.85. The van der Waals surface area contributed by atoms with Gasteiger partial charge < -0.3 is 5.32 Å². The van der Waals surface area contributed by atoms with Crippen LogP contribution in [-0.4, -0.2) is 31.3 Å². The quantitative estimate of drug-likeness (QED) is 0.760. The lowest BCUT2D eigenvalue weighted by atomic mass is 9.53. The van der Waals surface area contributed by atoms with E-state index in [0.717, 1.165) is 42.0 Å². The summed E-state index contributed by atoms with van der Waals surface area (Å²) in [5, 5.41) is 8.25. The molecule has 5 nitrogen and oxygen atoms in total. The van der Waals surface area contributed by atoms with Gasteiger partial charge in [-0.1, -0.05) is 0 Å². The number of hydrogen-bond donors (Lipinski definition) is 1. The Labute approximate surface area is 157 Å². The maximum Gasteiger partial charge on any atom is 0.156 e. The van der Waals surface area contributed by atoms with E-state index in [2.05, 4.69) is 15.4 Å². The molecule has 27 heavy (non-hydrogen) atoms. The molecular weight excluding hydrogens is 341 g/mol. The zero-order valence-electron chi connectivity index (χ0n) is 15.1. The second-order valence-corrected chi connectivity index (χ2v) is 8.63. The molecule has 4 fully saturated rings. The number of imidazole rings is 1. The summed E-state index contributed by atoms with van der Waals surface area (Å²) >= 11 is 0. The molecule has 3 aromatic rings. The minimum absolute atomic E-state index is 0.302. The van der Waals surface area contributed by atoms with Gasteiger partial charge in [0.2, 0.25) is 0 Å². The second-order valence-electron chi connectivity index (χ2n) is 8.63. The molecule has 0 radical (unpaired) electrons. The van der Waals surface area contributed by atoms with E-state index in [1.165, 1.54) is 0 Å². The van der Waals surface area contributed by atoms with Gasteiger partial charge in [0.25, 0.3) is 0 Å². The van der Waals surface area contributed by atoms with Crippen molar-refractivity contribution in [3.63, 3.8) is 0 Å². The summed E-state index contributed by atoms with van der Waals surface area (Å²) in [4.78, 5) is 8.97. The fourth-order valence-electron chi connectivity index (χ4n) is 6.08. The highest BCUT2D eigenvalue weighted by atomic mass is 19.1. The SMILES string of the molecule is FC12CC3CC(C1)C(Nc1nc4cccnn4c1-c1ccncc1)C(C3)C2. The molecule has 7 rings (SSSR count). The number of alkyl halides is 1. The summed E-state index contributed by atoms with van der Waals surface area (Å²) in [6, 6.07) is 8.14. The minimum atomic E-state index is -0.914. The van der Waals surface area contributed by atoms with Gasteiger partial charge in [-0.05, 0) is 74.1 Å². The molecule has 3 heterocycles. The molecule has 4 aliphatic carbocycles. The number of nitrogens with zero attached hydrogens (tertiary/aromatic N) is 4. The van der Waals surface area contributed by atoms with Gasteiger partial charge in [0, 0.05) is 30.2 Å². The number of halogens is 1. The monoisotopic (exact) mass is 363 g/mol. The van der Waals surface area contributed by atoms with Gasteiger partial charge in [-0.3, -0.25) is 4.98 Å². The number of aromatic nitrogens is 4. The molecular formula is C21H22FN5. The first-order chi connectivity index (χ1) is 13.2. The maximum atomic E-state index is 15.0. The zero-order valence-corrected chi connectivity index (χ0v) is 15.1. The summed E-state index contributed by atoms with van der Waals surface area (Å²) in [5.41, 5.74) is 1.89. The van der Waals surface area contributed by atoms with Crippen LogP contribution in [0.4, 0.5) is 10.2 Å². The average molecular weight is 363 g/mol. The molecule has 4 saturated carbocycles. The van der Waals surface area contributed by atoms with Crippen molar-refractivity contribution in [2.45, 2.75) is 43.8 Å². The van der Waals surface area contributed by atoms with E-state index in [9.17, 15) is 0 Å². The van der Waals surface area contributed by atoms with Gasteiger partial charge in [0.1, 0.15) is 11.4 Å². The third-order valence-corrected chi connectivity index (χ3v) is 6.85. The Hall–Kier alpha value is -2.50. The molecule has 0 aromatic carbocycles. The van der Waals surface area contributed by atoms with Crippen LogP contribution in [0.15, 0.2) is 42.9 Å². The lowest BCUT2D eigenvalue weighted by molar-refractivity contribution is -0.0801. The number of anilines is 1. The van der Waals surface area contributed by atoms with E-state index >= 15 is 4.39 Å². The molecule has 0 aliphatic heterocycles. The molecule has 2 unspecified atom stereocenters. The summed E-state index contributed by atoms with van der Waals surface area (Å²) in [7, 11) is 0. The Morgan fingerprint density at radius 1 is 1.04 bits per heavy atom. The standard InChI is InChI=1S/C21H22FN5/c22-21-10-13-8-15(11-21)18(16(9-13)12-21)26-20-19(14-3-6-23-7-4-14)27-17(25-20)2-1-5-24-27/h1-7,13,15-16,18,26H,8-12H2. The van der Waals surface area contributed by atoms with Gasteiger partial charge in [-0.2, -0.15) is 5.10 Å². The van der Waals surface area contributed by atoms with Crippen LogP contribution in [0.5, 0.6) is 0 Å². The van der Waals surface area contributed by atoms with Crippen molar-refractivity contribution in [1.82, 2.24) is 19.6 Å². The molecule has 0 amide bonds. The largest absolute Gasteiger partial charge is 0.365 e. The Balaban J connectivity index is 1.42. The summed E-state index contributed by atoms with van der Waals surface area (Å²) in [6.45, 7) is 0. The molecule has 0 saturated heterocycles. The Morgan fingerprint density at radius 2 is 1.81 bits per heavy atom. The van der Waals surface area contributed by atoms with Gasteiger partial charge in [-0.15, -0.1) is 0 Å². The van der Waals surface area contributed by atoms with Crippen LogP contribution in [0.25, 0.3) is 16.9 Å². The van der Waals surface area contributed by atoms with E-state index in [0.29, 0.717) is 36.6 Å². The highest BCUT2D eigenvalue weighted by molar-refractivity contribution is 5.76. The third kappa shape index (κ3) is 2.38. The van der Waals surface area contributed by atoms with E-state index < -0.39 is 5.67 Å². The number of fused-ring (bicyclic) bond motifs is 1. The van der Waals surface area contributed by atoms with Crippen molar-refractivity contribution < 1.29 is 4.39 Å². The van der Waals surface area contributed by atoms with Crippen LogP contribution in [0.1, 0.15) is 32.1 Å². The molecule has 0 spiro atoms. The van der Waals surface area contributed by atoms with Crippen LogP contribution in [0.2, 0.25) is 0 Å². The van der Waals surface area contributed by atoms with Crippen molar-refractivity contribution in [3.8, 4) is 11.3 Å². The molecule has 6 heteroatoms. The van der Waals surface area contributed by atoms with Crippen molar-refractivity contribution in [3.05, 3.63) is 42.9 Å². The molecule has 3 aromatic heterocycles. The predicted octanol–water partition coefficient (Wildman–Crippen LogP) is 4.12. The van der Waals surface area contributed by atoms with Gasteiger partial charge in [-0.25, -0.2) is 13.9 Å². The van der Waals surface area contributed by atoms with Crippen molar-refractivity contribution in [2.75, 3.05) is 5.32 Å².